The first-order valence-corrected chi connectivity index (χ1v) is 6.68. The molecular formula is C15H18N2O2. The van der Waals surface area contributed by atoms with Gasteiger partial charge in [-0.15, -0.1) is 0 Å². The van der Waals surface area contributed by atoms with Crippen LogP contribution in [0.25, 0.3) is 11.3 Å². The van der Waals surface area contributed by atoms with Gasteiger partial charge in [0.1, 0.15) is 12.0 Å². The van der Waals surface area contributed by atoms with Gasteiger partial charge in [-0.1, -0.05) is 12.1 Å². The predicted molar refractivity (Wildman–Crippen MR) is 74.1 cm³/mol. The maximum atomic E-state index is 5.47. The van der Waals surface area contributed by atoms with Gasteiger partial charge in [0.2, 0.25) is 0 Å². The molecule has 1 saturated heterocycles. The molecule has 0 bridgehead atoms. The number of hydrogen-bond donors (Lipinski definition) is 1. The molecular weight excluding hydrogens is 240 g/mol. The Labute approximate surface area is 112 Å². The summed E-state index contributed by atoms with van der Waals surface area (Å²) in [5.41, 5.74) is 3.08. The molecule has 2 heterocycles. The zero-order valence-electron chi connectivity index (χ0n) is 11.1. The van der Waals surface area contributed by atoms with Crippen LogP contribution in [0.1, 0.15) is 18.7 Å². The Bertz CT molecular complexity index is 527. The fraction of sp³-hybridized carbons (Fsp3) is 0.400. The van der Waals surface area contributed by atoms with Crippen LogP contribution in [-0.2, 0) is 4.74 Å². The highest BCUT2D eigenvalue weighted by Crippen LogP contribution is 2.22. The standard InChI is InChI=1S/C15H18N2O2/c1-11-16-15(10-19-11)12-4-6-13(7-5-12)17-14-3-2-8-18-9-14/h4-7,10,14,17H,2-3,8-9H2,1H3. The van der Waals surface area contributed by atoms with Gasteiger partial charge in [0, 0.05) is 30.8 Å². The van der Waals surface area contributed by atoms with Gasteiger partial charge in [-0.3, -0.25) is 0 Å². The van der Waals surface area contributed by atoms with Crippen LogP contribution in [0.5, 0.6) is 0 Å². The van der Waals surface area contributed by atoms with E-state index in [0.29, 0.717) is 11.9 Å². The first kappa shape index (κ1) is 12.2. The third-order valence-electron chi connectivity index (χ3n) is 3.33. The molecule has 0 saturated carbocycles. The molecule has 19 heavy (non-hydrogen) atoms. The van der Waals surface area contributed by atoms with E-state index in [1.807, 2.05) is 6.92 Å². The summed E-state index contributed by atoms with van der Waals surface area (Å²) in [5.74, 6) is 0.691. The molecule has 1 atom stereocenters. The monoisotopic (exact) mass is 258 g/mol. The Kier molecular flexibility index (Phi) is 3.51. The Hall–Kier alpha value is -1.81. The summed E-state index contributed by atoms with van der Waals surface area (Å²) in [6, 6.07) is 8.70. The lowest BCUT2D eigenvalue weighted by Gasteiger charge is -2.24. The average Bonchev–Trinajstić information content (AvgIpc) is 2.87. The lowest BCUT2D eigenvalue weighted by molar-refractivity contribution is 0.0876. The van der Waals surface area contributed by atoms with Crippen LogP contribution in [0.2, 0.25) is 0 Å². The van der Waals surface area contributed by atoms with Gasteiger partial charge in [0.05, 0.1) is 6.61 Å². The van der Waals surface area contributed by atoms with E-state index in [4.69, 9.17) is 9.15 Å². The molecule has 0 aliphatic carbocycles. The number of nitrogens with zero attached hydrogens (tertiary/aromatic N) is 1. The number of aromatic nitrogens is 1. The van der Waals surface area contributed by atoms with E-state index in [-0.39, 0.29) is 0 Å². The third-order valence-corrected chi connectivity index (χ3v) is 3.33. The Morgan fingerprint density at radius 3 is 2.74 bits per heavy atom. The topological polar surface area (TPSA) is 47.3 Å². The zero-order chi connectivity index (χ0) is 13.1. The summed E-state index contributed by atoms with van der Waals surface area (Å²) < 4.78 is 10.7. The fourth-order valence-electron chi connectivity index (χ4n) is 2.32. The highest BCUT2D eigenvalue weighted by atomic mass is 16.5. The second kappa shape index (κ2) is 5.45. The number of nitrogens with one attached hydrogen (secondary N) is 1. The van der Waals surface area contributed by atoms with Crippen molar-refractivity contribution in [2.24, 2.45) is 0 Å². The van der Waals surface area contributed by atoms with Crippen LogP contribution < -0.4 is 5.32 Å². The molecule has 1 aliphatic rings. The van der Waals surface area contributed by atoms with Crippen LogP contribution in [0, 0.1) is 6.92 Å². The fourth-order valence-corrected chi connectivity index (χ4v) is 2.32. The number of oxazole rings is 1. The number of rotatable bonds is 3. The minimum Gasteiger partial charge on any atom is -0.449 e. The summed E-state index contributed by atoms with van der Waals surface area (Å²) >= 11 is 0. The quantitative estimate of drug-likeness (QED) is 0.918. The summed E-state index contributed by atoms with van der Waals surface area (Å²) in [4.78, 5) is 4.32. The van der Waals surface area contributed by atoms with Crippen molar-refractivity contribution in [2.45, 2.75) is 25.8 Å². The van der Waals surface area contributed by atoms with E-state index in [9.17, 15) is 0 Å². The van der Waals surface area contributed by atoms with Crippen molar-refractivity contribution in [1.82, 2.24) is 4.98 Å². The van der Waals surface area contributed by atoms with Gasteiger partial charge in [-0.05, 0) is 25.0 Å². The van der Waals surface area contributed by atoms with Crippen molar-refractivity contribution in [3.05, 3.63) is 36.4 Å². The molecule has 0 amide bonds. The van der Waals surface area contributed by atoms with Crippen molar-refractivity contribution in [3.63, 3.8) is 0 Å². The van der Waals surface area contributed by atoms with Crippen molar-refractivity contribution >= 4 is 5.69 Å². The molecule has 0 spiro atoms. The van der Waals surface area contributed by atoms with Gasteiger partial charge >= 0.3 is 0 Å². The Morgan fingerprint density at radius 1 is 1.26 bits per heavy atom. The second-order valence-electron chi connectivity index (χ2n) is 4.89. The zero-order valence-corrected chi connectivity index (χ0v) is 11.1. The summed E-state index contributed by atoms with van der Waals surface area (Å²) in [5, 5.41) is 3.50. The van der Waals surface area contributed by atoms with Gasteiger partial charge in [0.25, 0.3) is 0 Å². The van der Waals surface area contributed by atoms with Crippen molar-refractivity contribution in [1.29, 1.82) is 0 Å². The van der Waals surface area contributed by atoms with E-state index >= 15 is 0 Å². The molecule has 1 aromatic carbocycles. The number of anilines is 1. The van der Waals surface area contributed by atoms with Crippen LogP contribution >= 0.6 is 0 Å². The van der Waals surface area contributed by atoms with Crippen molar-refractivity contribution < 1.29 is 9.15 Å². The summed E-state index contributed by atoms with van der Waals surface area (Å²) in [7, 11) is 0. The maximum absolute atomic E-state index is 5.47. The Balaban J connectivity index is 1.68. The molecule has 1 unspecified atom stereocenters. The number of hydrogen-bond acceptors (Lipinski definition) is 4. The molecule has 1 aromatic heterocycles. The smallest absolute Gasteiger partial charge is 0.191 e. The van der Waals surface area contributed by atoms with Gasteiger partial charge < -0.3 is 14.5 Å². The lowest BCUT2D eigenvalue weighted by atomic mass is 10.1. The molecule has 0 radical (unpaired) electrons. The number of benzene rings is 1. The van der Waals surface area contributed by atoms with Crippen LogP contribution in [0.3, 0.4) is 0 Å². The van der Waals surface area contributed by atoms with Crippen LogP contribution in [-0.4, -0.2) is 24.2 Å². The van der Waals surface area contributed by atoms with Crippen LogP contribution in [0.15, 0.2) is 34.9 Å². The molecule has 3 rings (SSSR count). The predicted octanol–water partition coefficient (Wildman–Crippen LogP) is 3.24. The molecule has 1 aliphatic heterocycles. The van der Waals surface area contributed by atoms with Crippen molar-refractivity contribution in [2.75, 3.05) is 18.5 Å². The van der Waals surface area contributed by atoms with Gasteiger partial charge in [-0.25, -0.2) is 4.98 Å². The van der Waals surface area contributed by atoms with E-state index in [0.717, 1.165) is 36.6 Å². The van der Waals surface area contributed by atoms with E-state index in [1.54, 1.807) is 6.26 Å². The summed E-state index contributed by atoms with van der Waals surface area (Å²) in [6.07, 6.45) is 3.99. The van der Waals surface area contributed by atoms with E-state index in [1.165, 1.54) is 6.42 Å². The largest absolute Gasteiger partial charge is 0.449 e. The highest BCUT2D eigenvalue weighted by Gasteiger charge is 2.13. The van der Waals surface area contributed by atoms with Gasteiger partial charge in [-0.2, -0.15) is 0 Å². The lowest BCUT2D eigenvalue weighted by Crippen LogP contribution is -2.29. The SMILES string of the molecule is Cc1nc(-c2ccc(NC3CCCOC3)cc2)co1. The van der Waals surface area contributed by atoms with E-state index < -0.39 is 0 Å². The number of ether oxygens (including phenoxy) is 1. The number of aryl methyl sites for hydroxylation is 1. The molecule has 100 valence electrons. The first-order chi connectivity index (χ1) is 9.31. The minimum absolute atomic E-state index is 0.425. The van der Waals surface area contributed by atoms with Gasteiger partial charge in [0.15, 0.2) is 5.89 Å². The van der Waals surface area contributed by atoms with E-state index in [2.05, 4.69) is 34.6 Å². The normalized spacial score (nSPS) is 19.3. The third kappa shape index (κ3) is 2.96. The second-order valence-corrected chi connectivity index (χ2v) is 4.89. The van der Waals surface area contributed by atoms with Crippen molar-refractivity contribution in [3.8, 4) is 11.3 Å². The molecule has 4 nitrogen and oxygen atoms in total. The molecule has 1 N–H and O–H groups in total. The molecule has 1 fully saturated rings. The van der Waals surface area contributed by atoms with Crippen LogP contribution in [0.4, 0.5) is 5.69 Å². The average molecular weight is 258 g/mol. The maximum Gasteiger partial charge on any atom is 0.191 e. The first-order valence-electron chi connectivity index (χ1n) is 6.68. The highest BCUT2D eigenvalue weighted by molar-refractivity contribution is 5.61. The Morgan fingerprint density at radius 2 is 2.11 bits per heavy atom. The molecule has 2 aromatic rings. The summed E-state index contributed by atoms with van der Waals surface area (Å²) in [6.45, 7) is 3.54. The minimum atomic E-state index is 0.425. The molecule has 4 heteroatoms.